The first kappa shape index (κ1) is 30.4. The number of carbonyl (C=O) groups is 1. The summed E-state index contributed by atoms with van der Waals surface area (Å²) in [6.07, 6.45) is -3.02. The zero-order chi connectivity index (χ0) is 28.3. The van der Waals surface area contributed by atoms with E-state index in [1.807, 2.05) is 4.90 Å². The normalized spacial score (nSPS) is 17.1. The Bertz CT molecular complexity index is 1400. The number of halogens is 4. The third-order valence-corrected chi connectivity index (χ3v) is 9.01. The molecule has 210 valence electrons. The monoisotopic (exact) mass is 595 g/mol. The Morgan fingerprint density at radius 1 is 1.11 bits per heavy atom. The van der Waals surface area contributed by atoms with Gasteiger partial charge in [0, 0.05) is 36.8 Å². The number of nitrogens with zero attached hydrogens (tertiary/aromatic N) is 1. The highest BCUT2D eigenvalue weighted by Gasteiger charge is 2.35. The molecule has 0 spiro atoms. The number of amides is 1. The first-order valence-corrected chi connectivity index (χ1v) is 15.7. The average molecular weight is 596 g/mol. The van der Waals surface area contributed by atoms with Gasteiger partial charge in [0.25, 0.3) is 5.91 Å². The maximum atomic E-state index is 13.9. The summed E-state index contributed by atoms with van der Waals surface area (Å²) < 4.78 is 91.5. The Morgan fingerprint density at radius 2 is 1.82 bits per heavy atom. The lowest BCUT2D eigenvalue weighted by Gasteiger charge is -2.20. The van der Waals surface area contributed by atoms with Crippen LogP contribution >= 0.6 is 11.6 Å². The van der Waals surface area contributed by atoms with Crippen molar-refractivity contribution in [2.24, 2.45) is 5.92 Å². The molecule has 8 nitrogen and oxygen atoms in total. The van der Waals surface area contributed by atoms with Crippen molar-refractivity contribution in [2.75, 3.05) is 31.6 Å². The van der Waals surface area contributed by atoms with Crippen molar-refractivity contribution in [3.63, 3.8) is 0 Å². The molecule has 1 amide bonds. The zero-order valence-electron chi connectivity index (χ0n) is 20.8. The van der Waals surface area contributed by atoms with Crippen LogP contribution in [0.15, 0.2) is 41.3 Å². The van der Waals surface area contributed by atoms with Gasteiger partial charge in [-0.25, -0.2) is 21.6 Å². The second-order valence-electron chi connectivity index (χ2n) is 9.22. The van der Waals surface area contributed by atoms with E-state index in [0.717, 1.165) is 12.3 Å². The topological polar surface area (TPSA) is 113 Å². The number of benzene rings is 2. The van der Waals surface area contributed by atoms with E-state index in [-0.39, 0.29) is 57.9 Å². The summed E-state index contributed by atoms with van der Waals surface area (Å²) in [6.45, 7) is 2.39. The van der Waals surface area contributed by atoms with Crippen LogP contribution < -0.4 is 10.0 Å². The van der Waals surface area contributed by atoms with Crippen LogP contribution in [-0.2, 0) is 39.1 Å². The second-order valence-corrected chi connectivity index (χ2v) is 13.7. The summed E-state index contributed by atoms with van der Waals surface area (Å²) in [5.41, 5.74) is -0.939. The number of sulfone groups is 1. The molecule has 2 N–H and O–H groups in total. The minimum absolute atomic E-state index is 0.00283. The van der Waals surface area contributed by atoms with Gasteiger partial charge in [0.05, 0.1) is 22.5 Å². The van der Waals surface area contributed by atoms with E-state index in [4.69, 9.17) is 11.6 Å². The van der Waals surface area contributed by atoms with Gasteiger partial charge in [-0.2, -0.15) is 13.2 Å². The minimum atomic E-state index is -4.71. The van der Waals surface area contributed by atoms with Crippen molar-refractivity contribution >= 4 is 37.4 Å². The lowest BCUT2D eigenvalue weighted by atomic mass is 10.0. The van der Waals surface area contributed by atoms with Crippen molar-refractivity contribution in [2.45, 2.75) is 37.5 Å². The third-order valence-electron chi connectivity index (χ3n) is 6.25. The number of sulfonamides is 1. The fourth-order valence-electron chi connectivity index (χ4n) is 4.28. The van der Waals surface area contributed by atoms with E-state index in [9.17, 15) is 34.8 Å². The van der Waals surface area contributed by atoms with Gasteiger partial charge in [0.2, 0.25) is 10.0 Å². The predicted octanol–water partition coefficient (Wildman–Crippen LogP) is 3.45. The molecule has 0 aromatic heterocycles. The molecule has 1 fully saturated rings. The molecule has 1 aliphatic heterocycles. The van der Waals surface area contributed by atoms with E-state index in [1.165, 1.54) is 37.3 Å². The largest absolute Gasteiger partial charge is 0.416 e. The van der Waals surface area contributed by atoms with Gasteiger partial charge in [0.1, 0.15) is 0 Å². The van der Waals surface area contributed by atoms with Crippen molar-refractivity contribution in [3.05, 3.63) is 63.7 Å². The standard InChI is InChI=1S/C24H29ClF3N3O5S2/c1-3-38(35,36)22-7-6-20(25)10-19(22)13-29-23(32)17-4-5-18(21(11-17)24(26,27)28)15-31-9-8-16(14-31)12-30-37(2,33)34/h4-7,10-11,16,30H,3,8-9,12-15H2,1-2H3,(H,29,32)/t16-/m1/s1. The molecule has 38 heavy (non-hydrogen) atoms. The quantitative estimate of drug-likeness (QED) is 0.435. The molecular weight excluding hydrogens is 567 g/mol. The highest BCUT2D eigenvalue weighted by Crippen LogP contribution is 2.34. The van der Waals surface area contributed by atoms with Crippen LogP contribution in [-0.4, -0.2) is 59.3 Å². The van der Waals surface area contributed by atoms with E-state index in [2.05, 4.69) is 10.0 Å². The van der Waals surface area contributed by atoms with Crippen molar-refractivity contribution in [1.82, 2.24) is 14.9 Å². The molecule has 1 saturated heterocycles. The molecule has 1 atom stereocenters. The van der Waals surface area contributed by atoms with Gasteiger partial charge in [-0.15, -0.1) is 0 Å². The molecule has 0 saturated carbocycles. The number of likely N-dealkylation sites (tertiary alicyclic amines) is 1. The van der Waals surface area contributed by atoms with Gasteiger partial charge in [-0.1, -0.05) is 24.6 Å². The number of hydrogen-bond acceptors (Lipinski definition) is 6. The van der Waals surface area contributed by atoms with E-state index in [0.29, 0.717) is 19.5 Å². The van der Waals surface area contributed by atoms with E-state index < -0.39 is 37.5 Å². The van der Waals surface area contributed by atoms with Gasteiger partial charge in [0.15, 0.2) is 9.84 Å². The molecule has 1 aliphatic rings. The van der Waals surface area contributed by atoms with E-state index in [1.54, 1.807) is 0 Å². The molecular formula is C24H29ClF3N3O5S2. The fourth-order valence-corrected chi connectivity index (χ4v) is 6.13. The first-order valence-electron chi connectivity index (χ1n) is 11.8. The molecule has 0 bridgehead atoms. The summed E-state index contributed by atoms with van der Waals surface area (Å²) in [5, 5.41) is 2.74. The average Bonchev–Trinajstić information content (AvgIpc) is 3.27. The third kappa shape index (κ3) is 8.15. The Balaban J connectivity index is 1.74. The summed E-state index contributed by atoms with van der Waals surface area (Å²) in [6, 6.07) is 7.47. The van der Waals surface area contributed by atoms with Gasteiger partial charge in [-0.3, -0.25) is 9.69 Å². The molecule has 3 rings (SSSR count). The van der Waals surface area contributed by atoms with Crippen molar-refractivity contribution in [3.8, 4) is 0 Å². The maximum Gasteiger partial charge on any atom is 0.416 e. The maximum absolute atomic E-state index is 13.9. The Kier molecular flexibility index (Phi) is 9.51. The summed E-state index contributed by atoms with van der Waals surface area (Å²) in [7, 11) is -6.97. The van der Waals surface area contributed by atoms with Crippen LogP contribution in [0, 0.1) is 5.92 Å². The molecule has 2 aromatic rings. The Morgan fingerprint density at radius 3 is 2.45 bits per heavy atom. The lowest BCUT2D eigenvalue weighted by molar-refractivity contribution is -0.138. The highest BCUT2D eigenvalue weighted by molar-refractivity contribution is 7.91. The molecule has 1 heterocycles. The van der Waals surface area contributed by atoms with Gasteiger partial charge in [-0.05, 0) is 60.3 Å². The van der Waals surface area contributed by atoms with Crippen LogP contribution in [0.1, 0.15) is 40.4 Å². The Hall–Kier alpha value is -2.19. The molecule has 0 unspecified atom stereocenters. The Labute approximate surface area is 225 Å². The summed E-state index contributed by atoms with van der Waals surface area (Å²) in [4.78, 5) is 14.5. The first-order chi connectivity index (χ1) is 17.6. The number of nitrogens with one attached hydrogen (secondary N) is 2. The van der Waals surface area contributed by atoms with Crippen molar-refractivity contribution < 1.29 is 34.8 Å². The van der Waals surface area contributed by atoms with E-state index >= 15 is 0 Å². The summed E-state index contributed by atoms with van der Waals surface area (Å²) in [5.74, 6) is -0.982. The fraction of sp³-hybridized carbons (Fsp3) is 0.458. The number of carbonyl (C=O) groups excluding carboxylic acids is 1. The highest BCUT2D eigenvalue weighted by atomic mass is 35.5. The number of hydrogen-bond donors (Lipinski definition) is 2. The lowest BCUT2D eigenvalue weighted by Crippen LogP contribution is -2.30. The van der Waals surface area contributed by atoms with Crippen LogP contribution in [0.5, 0.6) is 0 Å². The minimum Gasteiger partial charge on any atom is -0.348 e. The number of rotatable bonds is 10. The predicted molar refractivity (Wildman–Crippen MR) is 138 cm³/mol. The van der Waals surface area contributed by atoms with Gasteiger partial charge >= 0.3 is 6.18 Å². The van der Waals surface area contributed by atoms with Crippen molar-refractivity contribution in [1.29, 1.82) is 0 Å². The smallest absolute Gasteiger partial charge is 0.348 e. The molecule has 0 radical (unpaired) electrons. The zero-order valence-corrected chi connectivity index (χ0v) is 23.2. The molecule has 2 aromatic carbocycles. The second kappa shape index (κ2) is 11.9. The van der Waals surface area contributed by atoms with Crippen LogP contribution in [0.4, 0.5) is 13.2 Å². The molecule has 14 heteroatoms. The van der Waals surface area contributed by atoms with Crippen LogP contribution in [0.25, 0.3) is 0 Å². The SMILES string of the molecule is CCS(=O)(=O)c1ccc(Cl)cc1CNC(=O)c1ccc(CN2CC[C@H](CNS(C)(=O)=O)C2)c(C(F)(F)F)c1. The van der Waals surface area contributed by atoms with Crippen LogP contribution in [0.3, 0.4) is 0 Å². The van der Waals surface area contributed by atoms with Gasteiger partial charge < -0.3 is 5.32 Å². The summed E-state index contributed by atoms with van der Waals surface area (Å²) >= 11 is 5.98. The molecule has 0 aliphatic carbocycles. The number of alkyl halides is 3. The van der Waals surface area contributed by atoms with Crippen LogP contribution in [0.2, 0.25) is 5.02 Å².